The second kappa shape index (κ2) is 5.64. The first-order chi connectivity index (χ1) is 9.81. The van der Waals surface area contributed by atoms with Gasteiger partial charge in [-0.25, -0.2) is 4.79 Å². The lowest BCUT2D eigenvalue weighted by molar-refractivity contribution is 0.262. The first-order valence-electron chi connectivity index (χ1n) is 6.73. The molecule has 0 saturated carbocycles. The average Bonchev–Trinajstić information content (AvgIpc) is 3.11. The molecule has 1 saturated heterocycles. The van der Waals surface area contributed by atoms with Crippen LogP contribution < -0.4 is 15.5 Å². The molecule has 3 N–H and O–H groups in total. The van der Waals surface area contributed by atoms with Crippen LogP contribution in [0, 0.1) is 0 Å². The van der Waals surface area contributed by atoms with Crippen LogP contribution in [0.25, 0.3) is 0 Å². The maximum absolute atomic E-state index is 11.8. The molecule has 1 aromatic carbocycles. The second-order valence-corrected chi connectivity index (χ2v) is 4.81. The van der Waals surface area contributed by atoms with E-state index in [2.05, 4.69) is 31.8 Å². The highest BCUT2D eigenvalue weighted by Crippen LogP contribution is 2.23. The predicted molar refractivity (Wildman–Crippen MR) is 79.1 cm³/mol. The Morgan fingerprint density at radius 1 is 1.20 bits per heavy atom. The van der Waals surface area contributed by atoms with E-state index < -0.39 is 0 Å². The highest BCUT2D eigenvalue weighted by molar-refractivity contribution is 5.99. The minimum Gasteiger partial charge on any atom is -0.371 e. The summed E-state index contributed by atoms with van der Waals surface area (Å²) in [5.74, 6) is 0. The maximum Gasteiger partial charge on any atom is 0.323 e. The molecule has 6 nitrogen and oxygen atoms in total. The smallest absolute Gasteiger partial charge is 0.323 e. The summed E-state index contributed by atoms with van der Waals surface area (Å²) in [6.07, 6.45) is 5.65. The number of urea groups is 1. The van der Waals surface area contributed by atoms with Crippen molar-refractivity contribution >= 4 is 23.1 Å². The van der Waals surface area contributed by atoms with E-state index in [0.717, 1.165) is 24.5 Å². The number of anilines is 3. The molecule has 2 heterocycles. The van der Waals surface area contributed by atoms with E-state index in [4.69, 9.17) is 0 Å². The molecule has 0 spiro atoms. The molecule has 104 valence electrons. The van der Waals surface area contributed by atoms with Gasteiger partial charge in [0, 0.05) is 30.7 Å². The second-order valence-electron chi connectivity index (χ2n) is 4.81. The van der Waals surface area contributed by atoms with Crippen LogP contribution in [0.3, 0.4) is 0 Å². The van der Waals surface area contributed by atoms with E-state index in [-0.39, 0.29) is 6.03 Å². The third-order valence-electron chi connectivity index (χ3n) is 3.33. The van der Waals surface area contributed by atoms with Gasteiger partial charge in [0.05, 0.1) is 11.9 Å². The fraction of sp³-hybridized carbons (Fsp3) is 0.286. The molecule has 3 rings (SSSR count). The van der Waals surface area contributed by atoms with Crippen LogP contribution >= 0.6 is 0 Å². The van der Waals surface area contributed by atoms with Gasteiger partial charge in [-0.15, -0.1) is 0 Å². The van der Waals surface area contributed by atoms with Gasteiger partial charge in [0.25, 0.3) is 0 Å². The van der Waals surface area contributed by atoms with Crippen LogP contribution in [0.5, 0.6) is 0 Å². The Balaban J connectivity index is 1.64. The van der Waals surface area contributed by atoms with Crippen molar-refractivity contribution < 1.29 is 4.79 Å². The van der Waals surface area contributed by atoms with Crippen LogP contribution in [0.2, 0.25) is 0 Å². The summed E-state index contributed by atoms with van der Waals surface area (Å²) < 4.78 is 0. The van der Waals surface area contributed by atoms with E-state index in [1.807, 2.05) is 18.2 Å². The largest absolute Gasteiger partial charge is 0.371 e. The molecule has 20 heavy (non-hydrogen) atoms. The van der Waals surface area contributed by atoms with Gasteiger partial charge < -0.3 is 15.5 Å². The standard InChI is InChI=1S/C14H17N5O/c20-14(18-12-9-15-16-10-12)17-11-4-3-5-13(8-11)19-6-1-2-7-19/h3-5,8-10H,1-2,6-7H2,(H,15,16)(H2,17,18,20). The van der Waals surface area contributed by atoms with Crippen LogP contribution in [0.1, 0.15) is 12.8 Å². The Labute approximate surface area is 117 Å². The number of aromatic amines is 1. The van der Waals surface area contributed by atoms with Gasteiger partial charge in [-0.2, -0.15) is 5.10 Å². The van der Waals surface area contributed by atoms with Crippen molar-refractivity contribution in [3.8, 4) is 0 Å². The van der Waals surface area contributed by atoms with Gasteiger partial charge in [-0.3, -0.25) is 5.10 Å². The molecule has 1 fully saturated rings. The fourth-order valence-electron chi connectivity index (χ4n) is 2.37. The Morgan fingerprint density at radius 2 is 2.00 bits per heavy atom. The number of nitrogens with one attached hydrogen (secondary N) is 3. The molecular weight excluding hydrogens is 254 g/mol. The van der Waals surface area contributed by atoms with Crippen molar-refractivity contribution in [2.45, 2.75) is 12.8 Å². The monoisotopic (exact) mass is 271 g/mol. The van der Waals surface area contributed by atoms with Gasteiger partial charge in [0.2, 0.25) is 0 Å². The number of rotatable bonds is 3. The normalized spacial score (nSPS) is 14.3. The summed E-state index contributed by atoms with van der Waals surface area (Å²) in [6.45, 7) is 2.18. The van der Waals surface area contributed by atoms with Gasteiger partial charge in [0.15, 0.2) is 0 Å². The van der Waals surface area contributed by atoms with Crippen molar-refractivity contribution in [1.29, 1.82) is 0 Å². The highest BCUT2D eigenvalue weighted by Gasteiger charge is 2.12. The summed E-state index contributed by atoms with van der Waals surface area (Å²) in [5, 5.41) is 11.9. The number of hydrogen-bond donors (Lipinski definition) is 3. The summed E-state index contributed by atoms with van der Waals surface area (Å²) in [4.78, 5) is 14.2. The third-order valence-corrected chi connectivity index (χ3v) is 3.33. The van der Waals surface area contributed by atoms with E-state index in [1.54, 1.807) is 12.4 Å². The first-order valence-corrected chi connectivity index (χ1v) is 6.73. The minimum atomic E-state index is -0.273. The number of nitrogens with zero attached hydrogens (tertiary/aromatic N) is 2. The van der Waals surface area contributed by atoms with Crippen molar-refractivity contribution in [2.75, 3.05) is 28.6 Å². The predicted octanol–water partition coefficient (Wildman–Crippen LogP) is 2.65. The topological polar surface area (TPSA) is 73.0 Å². The van der Waals surface area contributed by atoms with Gasteiger partial charge in [-0.05, 0) is 31.0 Å². The Hall–Kier alpha value is -2.50. The van der Waals surface area contributed by atoms with Gasteiger partial charge >= 0.3 is 6.03 Å². The van der Waals surface area contributed by atoms with Crippen molar-refractivity contribution in [2.24, 2.45) is 0 Å². The molecule has 0 aliphatic carbocycles. The lowest BCUT2D eigenvalue weighted by Gasteiger charge is -2.18. The molecule has 0 unspecified atom stereocenters. The molecule has 6 heteroatoms. The fourth-order valence-corrected chi connectivity index (χ4v) is 2.37. The molecule has 1 aliphatic heterocycles. The average molecular weight is 271 g/mol. The minimum absolute atomic E-state index is 0.273. The lowest BCUT2D eigenvalue weighted by atomic mass is 10.2. The molecule has 1 aromatic heterocycles. The number of carbonyl (C=O) groups excluding carboxylic acids is 1. The number of aromatic nitrogens is 2. The molecule has 1 aliphatic rings. The third kappa shape index (κ3) is 2.90. The summed E-state index contributed by atoms with van der Waals surface area (Å²) in [5.41, 5.74) is 2.58. The lowest BCUT2D eigenvalue weighted by Crippen LogP contribution is -2.20. The molecule has 0 radical (unpaired) electrons. The van der Waals surface area contributed by atoms with Gasteiger partial charge in [0.1, 0.15) is 0 Å². The number of amides is 2. The molecule has 0 atom stereocenters. The zero-order valence-electron chi connectivity index (χ0n) is 11.1. The summed E-state index contributed by atoms with van der Waals surface area (Å²) in [6, 6.07) is 7.64. The van der Waals surface area contributed by atoms with Crippen LogP contribution in [-0.2, 0) is 0 Å². The SMILES string of the molecule is O=C(Nc1cn[nH]c1)Nc1cccc(N2CCCC2)c1. The number of carbonyl (C=O) groups is 1. The Bertz CT molecular complexity index is 575. The van der Waals surface area contributed by atoms with Crippen LogP contribution in [0.15, 0.2) is 36.7 Å². The van der Waals surface area contributed by atoms with Gasteiger partial charge in [-0.1, -0.05) is 6.07 Å². The summed E-state index contributed by atoms with van der Waals surface area (Å²) >= 11 is 0. The summed E-state index contributed by atoms with van der Waals surface area (Å²) in [7, 11) is 0. The van der Waals surface area contributed by atoms with Crippen LogP contribution in [-0.4, -0.2) is 29.3 Å². The number of H-pyrrole nitrogens is 1. The van der Waals surface area contributed by atoms with E-state index in [9.17, 15) is 4.79 Å². The van der Waals surface area contributed by atoms with E-state index >= 15 is 0 Å². The molecule has 2 amide bonds. The zero-order chi connectivity index (χ0) is 13.8. The first kappa shape index (κ1) is 12.5. The molecular formula is C14H17N5O. The zero-order valence-corrected chi connectivity index (χ0v) is 11.1. The Kier molecular flexibility index (Phi) is 3.54. The highest BCUT2D eigenvalue weighted by atomic mass is 16.2. The van der Waals surface area contributed by atoms with Crippen LogP contribution in [0.4, 0.5) is 21.9 Å². The van der Waals surface area contributed by atoms with Crippen molar-refractivity contribution in [1.82, 2.24) is 10.2 Å². The molecule has 0 bridgehead atoms. The maximum atomic E-state index is 11.8. The van der Waals surface area contributed by atoms with Crippen molar-refractivity contribution in [3.63, 3.8) is 0 Å². The quantitative estimate of drug-likeness (QED) is 0.803. The van der Waals surface area contributed by atoms with E-state index in [1.165, 1.54) is 12.8 Å². The number of benzene rings is 1. The molecule has 2 aromatic rings. The van der Waals surface area contributed by atoms with Crippen molar-refractivity contribution in [3.05, 3.63) is 36.7 Å². The number of hydrogen-bond acceptors (Lipinski definition) is 3. The van der Waals surface area contributed by atoms with E-state index in [0.29, 0.717) is 5.69 Å². The Morgan fingerprint density at radius 3 is 2.75 bits per heavy atom.